The minimum atomic E-state index is -0.290. The summed E-state index contributed by atoms with van der Waals surface area (Å²) >= 11 is 8.53. The highest BCUT2D eigenvalue weighted by molar-refractivity contribution is 9.10. The maximum atomic E-state index is 11.5. The lowest BCUT2D eigenvalue weighted by atomic mass is 10.1. The van der Waals surface area contributed by atoms with Crippen LogP contribution in [0.1, 0.15) is 18.9 Å². The number of ether oxygens (including phenoxy) is 1. The lowest BCUT2D eigenvalue weighted by molar-refractivity contribution is -0.138. The van der Waals surface area contributed by atoms with Crippen LogP contribution in [0.5, 0.6) is 0 Å². The first-order valence-electron chi connectivity index (χ1n) is 5.91. The fraction of sp³-hybridized carbons (Fsp3) is 0.385. The molecule has 0 aliphatic heterocycles. The number of methoxy groups -OCH3 is 1. The van der Waals surface area contributed by atoms with E-state index in [4.69, 9.17) is 22.7 Å². The van der Waals surface area contributed by atoms with Crippen molar-refractivity contribution in [3.8, 4) is 0 Å². The normalized spacial score (nSPS) is 10.1. The summed E-state index contributed by atoms with van der Waals surface area (Å²) in [7, 11) is 1.38. The van der Waals surface area contributed by atoms with Crippen molar-refractivity contribution in [2.75, 3.05) is 25.1 Å². The van der Waals surface area contributed by atoms with E-state index in [0.717, 1.165) is 28.7 Å². The highest BCUT2D eigenvalue weighted by Gasteiger charge is 2.17. The van der Waals surface area contributed by atoms with Crippen LogP contribution in [0, 0.1) is 0 Å². The molecule has 0 radical (unpaired) electrons. The predicted octanol–water partition coefficient (Wildman–Crippen LogP) is 2.47. The Morgan fingerprint density at radius 2 is 2.21 bits per heavy atom. The number of esters is 1. The summed E-state index contributed by atoms with van der Waals surface area (Å²) in [6.07, 6.45) is 0.903. The number of carbonyl (C=O) groups excluding carboxylic acids is 1. The van der Waals surface area contributed by atoms with E-state index in [-0.39, 0.29) is 12.5 Å². The van der Waals surface area contributed by atoms with Crippen LogP contribution in [-0.4, -0.2) is 31.2 Å². The molecule has 19 heavy (non-hydrogen) atoms. The van der Waals surface area contributed by atoms with Crippen molar-refractivity contribution < 1.29 is 9.53 Å². The molecule has 0 amide bonds. The zero-order chi connectivity index (χ0) is 14.4. The van der Waals surface area contributed by atoms with Gasteiger partial charge in [-0.3, -0.25) is 4.79 Å². The first-order chi connectivity index (χ1) is 9.01. The van der Waals surface area contributed by atoms with Crippen LogP contribution in [0.4, 0.5) is 5.69 Å². The molecule has 1 aromatic rings. The largest absolute Gasteiger partial charge is 0.468 e. The monoisotopic (exact) mass is 344 g/mol. The summed E-state index contributed by atoms with van der Waals surface area (Å²) in [5.41, 5.74) is 7.36. The molecule has 0 aromatic heterocycles. The number of halogens is 1. The van der Waals surface area contributed by atoms with Gasteiger partial charge in [0, 0.05) is 22.3 Å². The van der Waals surface area contributed by atoms with Crippen molar-refractivity contribution in [3.63, 3.8) is 0 Å². The minimum Gasteiger partial charge on any atom is -0.468 e. The Morgan fingerprint density at radius 3 is 2.74 bits per heavy atom. The Morgan fingerprint density at radius 1 is 1.53 bits per heavy atom. The molecular weight excluding hydrogens is 328 g/mol. The first kappa shape index (κ1) is 15.9. The number of nitrogens with zero attached hydrogens (tertiary/aromatic N) is 1. The Balaban J connectivity index is 3.18. The summed E-state index contributed by atoms with van der Waals surface area (Å²) in [6, 6.07) is 5.67. The van der Waals surface area contributed by atoms with Crippen LogP contribution in [0.3, 0.4) is 0 Å². The highest BCUT2D eigenvalue weighted by Crippen LogP contribution is 2.28. The molecule has 104 valence electrons. The number of hydrogen-bond acceptors (Lipinski definition) is 4. The number of thiocarbonyl (C=S) groups is 1. The van der Waals surface area contributed by atoms with Gasteiger partial charge in [-0.15, -0.1) is 0 Å². The van der Waals surface area contributed by atoms with Gasteiger partial charge in [0.2, 0.25) is 0 Å². The lowest BCUT2D eigenvalue weighted by Crippen LogP contribution is -2.33. The molecule has 0 atom stereocenters. The predicted molar refractivity (Wildman–Crippen MR) is 84.5 cm³/mol. The smallest absolute Gasteiger partial charge is 0.325 e. The molecule has 1 rings (SSSR count). The standard InChI is InChI=1S/C13H17BrN2O2S/c1-3-7-16(8-11(17)18-2)10-6-4-5-9(14)12(10)13(15)19/h4-6H,3,7-8H2,1-2H3,(H2,15,19). The molecule has 0 fully saturated rings. The molecule has 0 unspecified atom stereocenters. The van der Waals surface area contributed by atoms with Crippen LogP contribution in [0.15, 0.2) is 22.7 Å². The van der Waals surface area contributed by atoms with E-state index in [1.807, 2.05) is 30.0 Å². The average molecular weight is 345 g/mol. The molecule has 0 saturated carbocycles. The summed E-state index contributed by atoms with van der Waals surface area (Å²) < 4.78 is 5.55. The van der Waals surface area contributed by atoms with Crippen LogP contribution >= 0.6 is 28.1 Å². The van der Waals surface area contributed by atoms with Gasteiger partial charge in [0.25, 0.3) is 0 Å². The maximum Gasteiger partial charge on any atom is 0.325 e. The maximum absolute atomic E-state index is 11.5. The quantitative estimate of drug-likeness (QED) is 0.634. The second kappa shape index (κ2) is 7.45. The Labute approximate surface area is 127 Å². The van der Waals surface area contributed by atoms with Gasteiger partial charge in [0.05, 0.1) is 7.11 Å². The van der Waals surface area contributed by atoms with Gasteiger partial charge in [-0.2, -0.15) is 0 Å². The van der Waals surface area contributed by atoms with E-state index in [9.17, 15) is 4.79 Å². The zero-order valence-electron chi connectivity index (χ0n) is 11.0. The van der Waals surface area contributed by atoms with Gasteiger partial charge in [0.1, 0.15) is 11.5 Å². The number of nitrogens with two attached hydrogens (primary N) is 1. The number of benzene rings is 1. The van der Waals surface area contributed by atoms with E-state index in [0.29, 0.717) is 4.99 Å². The average Bonchev–Trinajstić information content (AvgIpc) is 2.37. The van der Waals surface area contributed by atoms with Gasteiger partial charge in [-0.25, -0.2) is 0 Å². The van der Waals surface area contributed by atoms with E-state index < -0.39 is 0 Å². The van der Waals surface area contributed by atoms with Crippen molar-refractivity contribution in [1.82, 2.24) is 0 Å². The molecule has 2 N–H and O–H groups in total. The molecular formula is C13H17BrN2O2S. The van der Waals surface area contributed by atoms with Crippen molar-refractivity contribution in [3.05, 3.63) is 28.2 Å². The molecule has 0 aliphatic rings. The van der Waals surface area contributed by atoms with E-state index in [1.54, 1.807) is 0 Å². The second-order valence-corrected chi connectivity index (χ2v) is 5.29. The van der Waals surface area contributed by atoms with Crippen LogP contribution in [-0.2, 0) is 9.53 Å². The molecule has 0 bridgehead atoms. The Bertz CT molecular complexity index is 480. The lowest BCUT2D eigenvalue weighted by Gasteiger charge is -2.25. The van der Waals surface area contributed by atoms with Crippen molar-refractivity contribution in [2.24, 2.45) is 5.73 Å². The topological polar surface area (TPSA) is 55.6 Å². The zero-order valence-corrected chi connectivity index (χ0v) is 13.4. The van der Waals surface area contributed by atoms with Gasteiger partial charge < -0.3 is 15.4 Å². The molecule has 0 saturated heterocycles. The van der Waals surface area contributed by atoms with Crippen molar-refractivity contribution in [1.29, 1.82) is 0 Å². The fourth-order valence-corrected chi connectivity index (χ4v) is 2.71. The Kier molecular flexibility index (Phi) is 6.24. The van der Waals surface area contributed by atoms with Crippen LogP contribution in [0.2, 0.25) is 0 Å². The third-order valence-corrected chi connectivity index (χ3v) is 3.48. The number of carbonyl (C=O) groups is 1. The van der Waals surface area contributed by atoms with E-state index in [1.165, 1.54) is 7.11 Å². The van der Waals surface area contributed by atoms with Gasteiger partial charge in [0.15, 0.2) is 0 Å². The third kappa shape index (κ3) is 4.18. The minimum absolute atomic E-state index is 0.177. The second-order valence-electron chi connectivity index (χ2n) is 4.00. The molecule has 0 spiro atoms. The summed E-state index contributed by atoms with van der Waals surface area (Å²) in [5, 5.41) is 0. The van der Waals surface area contributed by atoms with Gasteiger partial charge in [-0.05, 0) is 34.5 Å². The molecule has 0 heterocycles. The third-order valence-electron chi connectivity index (χ3n) is 2.62. The van der Waals surface area contributed by atoms with Crippen molar-refractivity contribution in [2.45, 2.75) is 13.3 Å². The van der Waals surface area contributed by atoms with Crippen LogP contribution < -0.4 is 10.6 Å². The van der Waals surface area contributed by atoms with Gasteiger partial charge in [-0.1, -0.05) is 25.2 Å². The highest BCUT2D eigenvalue weighted by atomic mass is 79.9. The summed E-state index contributed by atoms with van der Waals surface area (Å²) in [4.78, 5) is 13.7. The Hall–Kier alpha value is -1.14. The van der Waals surface area contributed by atoms with Crippen molar-refractivity contribution >= 4 is 44.8 Å². The molecule has 0 aliphatic carbocycles. The number of anilines is 1. The molecule has 6 heteroatoms. The molecule has 4 nitrogen and oxygen atoms in total. The summed E-state index contributed by atoms with van der Waals surface area (Å²) in [5.74, 6) is -0.290. The summed E-state index contributed by atoms with van der Waals surface area (Å²) in [6.45, 7) is 2.94. The van der Waals surface area contributed by atoms with Crippen LogP contribution in [0.25, 0.3) is 0 Å². The molecule has 1 aromatic carbocycles. The van der Waals surface area contributed by atoms with E-state index in [2.05, 4.69) is 15.9 Å². The number of hydrogen-bond donors (Lipinski definition) is 1. The number of rotatable bonds is 6. The first-order valence-corrected chi connectivity index (χ1v) is 7.11. The van der Waals surface area contributed by atoms with E-state index >= 15 is 0 Å². The van der Waals surface area contributed by atoms with Gasteiger partial charge >= 0.3 is 5.97 Å². The SMILES string of the molecule is CCCN(CC(=O)OC)c1cccc(Br)c1C(N)=S. The fourth-order valence-electron chi connectivity index (χ4n) is 1.80.